The molecule has 178 valence electrons. The van der Waals surface area contributed by atoms with E-state index in [1.54, 1.807) is 6.08 Å². The standard InChI is InChI=1S/C27H27ClN6O/c1-17-6-4-5-7-20(17)8-11-25(35)33-26(34-27-31-18(2)14-19(3)32-27)29-13-12-21-16-30-24-10-9-22(28)15-23(21)24/h4-11,14-16,30H,12-13H2,1-3H3,(H2,29,31,32,33,34,35). The summed E-state index contributed by atoms with van der Waals surface area (Å²) in [7, 11) is 0. The molecule has 2 aromatic heterocycles. The first-order valence-electron chi connectivity index (χ1n) is 11.3. The molecule has 0 aliphatic heterocycles. The molecule has 0 aliphatic carbocycles. The molecule has 0 unspecified atom stereocenters. The normalized spacial score (nSPS) is 11.8. The van der Waals surface area contributed by atoms with Gasteiger partial charge in [0, 0.05) is 46.1 Å². The number of aliphatic imine (C=N–C) groups is 1. The highest BCUT2D eigenvalue weighted by atomic mass is 35.5. The van der Waals surface area contributed by atoms with Gasteiger partial charge in [0.25, 0.3) is 5.91 Å². The summed E-state index contributed by atoms with van der Waals surface area (Å²) in [5, 5.41) is 7.63. The average molecular weight is 487 g/mol. The van der Waals surface area contributed by atoms with Crippen LogP contribution in [0.2, 0.25) is 5.02 Å². The van der Waals surface area contributed by atoms with Crippen LogP contribution in [-0.4, -0.2) is 33.4 Å². The number of carbonyl (C=O) groups excluding carboxylic acids is 1. The molecule has 0 bridgehead atoms. The van der Waals surface area contributed by atoms with Crippen LogP contribution in [-0.2, 0) is 11.2 Å². The Kier molecular flexibility index (Phi) is 7.57. The molecular formula is C27H27ClN6O. The highest BCUT2D eigenvalue weighted by molar-refractivity contribution is 6.31. The number of nitrogens with one attached hydrogen (secondary N) is 3. The van der Waals surface area contributed by atoms with E-state index >= 15 is 0 Å². The molecule has 0 saturated carbocycles. The zero-order chi connectivity index (χ0) is 24.8. The quantitative estimate of drug-likeness (QED) is 0.194. The molecule has 3 N–H and O–H groups in total. The molecule has 0 aliphatic rings. The van der Waals surface area contributed by atoms with Crippen LogP contribution in [0.1, 0.15) is 28.1 Å². The van der Waals surface area contributed by atoms with Crippen molar-refractivity contribution >= 4 is 46.4 Å². The Labute approximate surface area is 209 Å². The number of aromatic amines is 1. The Morgan fingerprint density at radius 1 is 1.09 bits per heavy atom. The van der Waals surface area contributed by atoms with Gasteiger partial charge >= 0.3 is 0 Å². The predicted molar refractivity (Wildman–Crippen MR) is 143 cm³/mol. The van der Waals surface area contributed by atoms with E-state index < -0.39 is 0 Å². The maximum atomic E-state index is 12.7. The second-order valence-electron chi connectivity index (χ2n) is 8.26. The van der Waals surface area contributed by atoms with Crippen molar-refractivity contribution in [2.75, 3.05) is 11.9 Å². The third-order valence-electron chi connectivity index (χ3n) is 5.44. The smallest absolute Gasteiger partial charge is 0.250 e. The molecule has 7 nitrogen and oxygen atoms in total. The lowest BCUT2D eigenvalue weighted by atomic mass is 10.1. The fourth-order valence-electron chi connectivity index (χ4n) is 3.74. The Balaban J connectivity index is 1.51. The van der Waals surface area contributed by atoms with Crippen LogP contribution in [0.3, 0.4) is 0 Å². The third-order valence-corrected chi connectivity index (χ3v) is 5.67. The minimum atomic E-state index is -0.303. The second kappa shape index (κ2) is 11.0. The highest BCUT2D eigenvalue weighted by Crippen LogP contribution is 2.22. The number of carbonyl (C=O) groups is 1. The number of hydrogen-bond acceptors (Lipinski definition) is 4. The van der Waals surface area contributed by atoms with Gasteiger partial charge < -0.3 is 4.98 Å². The van der Waals surface area contributed by atoms with Crippen LogP contribution in [0.4, 0.5) is 5.95 Å². The summed E-state index contributed by atoms with van der Waals surface area (Å²) >= 11 is 6.17. The minimum absolute atomic E-state index is 0.285. The molecule has 4 aromatic rings. The number of hydrogen-bond donors (Lipinski definition) is 3. The molecule has 4 rings (SSSR count). The molecule has 2 heterocycles. The first-order valence-corrected chi connectivity index (χ1v) is 11.7. The van der Waals surface area contributed by atoms with E-state index in [0.29, 0.717) is 23.9 Å². The van der Waals surface area contributed by atoms with Crippen molar-refractivity contribution in [1.29, 1.82) is 0 Å². The largest absolute Gasteiger partial charge is 0.361 e. The van der Waals surface area contributed by atoms with Gasteiger partial charge in [-0.05, 0) is 74.2 Å². The van der Waals surface area contributed by atoms with E-state index in [0.717, 1.165) is 39.0 Å². The number of guanidine groups is 1. The number of fused-ring (bicyclic) bond motifs is 1. The van der Waals surface area contributed by atoms with E-state index in [4.69, 9.17) is 11.6 Å². The molecular weight excluding hydrogens is 460 g/mol. The lowest BCUT2D eigenvalue weighted by Gasteiger charge is -2.10. The SMILES string of the molecule is Cc1cc(C)nc(NC(=NCCc2c[nH]c3ccc(Cl)cc23)NC(=O)C=Cc2ccccc2C)n1. The van der Waals surface area contributed by atoms with Gasteiger partial charge in [0.15, 0.2) is 0 Å². The van der Waals surface area contributed by atoms with Crippen molar-refractivity contribution in [3.63, 3.8) is 0 Å². The van der Waals surface area contributed by atoms with Gasteiger partial charge in [-0.2, -0.15) is 0 Å². The number of aromatic nitrogens is 3. The fraction of sp³-hybridized carbons (Fsp3) is 0.185. The summed E-state index contributed by atoms with van der Waals surface area (Å²) in [6.07, 6.45) is 5.89. The topological polar surface area (TPSA) is 95.1 Å². The van der Waals surface area contributed by atoms with E-state index in [2.05, 4.69) is 30.6 Å². The predicted octanol–water partition coefficient (Wildman–Crippen LogP) is 5.38. The van der Waals surface area contributed by atoms with Crippen molar-refractivity contribution in [2.45, 2.75) is 27.2 Å². The summed E-state index contributed by atoms with van der Waals surface area (Å²) in [5.74, 6) is 0.360. The number of H-pyrrole nitrogens is 1. The van der Waals surface area contributed by atoms with Gasteiger partial charge in [-0.25, -0.2) is 9.97 Å². The van der Waals surface area contributed by atoms with Crippen molar-refractivity contribution < 1.29 is 4.79 Å². The van der Waals surface area contributed by atoms with E-state index in [1.165, 1.54) is 6.08 Å². The number of benzene rings is 2. The number of rotatable bonds is 6. The summed E-state index contributed by atoms with van der Waals surface area (Å²) < 4.78 is 0. The van der Waals surface area contributed by atoms with Gasteiger partial charge in [-0.1, -0.05) is 35.9 Å². The fourth-order valence-corrected chi connectivity index (χ4v) is 3.91. The highest BCUT2D eigenvalue weighted by Gasteiger charge is 2.09. The monoisotopic (exact) mass is 486 g/mol. The number of halogens is 1. The van der Waals surface area contributed by atoms with Crippen LogP contribution in [0, 0.1) is 20.8 Å². The van der Waals surface area contributed by atoms with Crippen molar-refractivity contribution in [1.82, 2.24) is 20.3 Å². The summed E-state index contributed by atoms with van der Waals surface area (Å²) in [4.78, 5) is 29.4. The molecule has 2 aromatic carbocycles. The van der Waals surface area contributed by atoms with Gasteiger partial charge in [0.1, 0.15) is 0 Å². The van der Waals surface area contributed by atoms with Crippen LogP contribution in [0.5, 0.6) is 0 Å². The molecule has 0 fully saturated rings. The maximum absolute atomic E-state index is 12.7. The first kappa shape index (κ1) is 24.2. The minimum Gasteiger partial charge on any atom is -0.361 e. The summed E-state index contributed by atoms with van der Waals surface area (Å²) in [5.41, 5.74) is 5.82. The maximum Gasteiger partial charge on any atom is 0.250 e. The van der Waals surface area contributed by atoms with Crippen molar-refractivity contribution in [3.05, 3.63) is 93.9 Å². The first-order chi connectivity index (χ1) is 16.9. The van der Waals surface area contributed by atoms with Crippen LogP contribution in [0.25, 0.3) is 17.0 Å². The zero-order valence-electron chi connectivity index (χ0n) is 19.9. The lowest BCUT2D eigenvalue weighted by Crippen LogP contribution is -2.35. The molecule has 0 atom stereocenters. The molecule has 0 spiro atoms. The van der Waals surface area contributed by atoms with Gasteiger partial charge in [0.05, 0.1) is 0 Å². The van der Waals surface area contributed by atoms with E-state index in [9.17, 15) is 4.79 Å². The Morgan fingerprint density at radius 3 is 2.63 bits per heavy atom. The summed E-state index contributed by atoms with van der Waals surface area (Å²) in [6, 6.07) is 15.5. The number of anilines is 1. The van der Waals surface area contributed by atoms with Gasteiger partial charge in [0.2, 0.25) is 11.9 Å². The van der Waals surface area contributed by atoms with E-state index in [1.807, 2.05) is 75.5 Å². The molecule has 8 heteroatoms. The van der Waals surface area contributed by atoms with Gasteiger partial charge in [-0.3, -0.25) is 20.4 Å². The Bertz CT molecular complexity index is 1400. The molecule has 0 saturated heterocycles. The van der Waals surface area contributed by atoms with Crippen LogP contribution in [0.15, 0.2) is 65.8 Å². The van der Waals surface area contributed by atoms with Crippen LogP contribution < -0.4 is 10.6 Å². The molecule has 1 amide bonds. The number of aryl methyl sites for hydroxylation is 3. The second-order valence-corrected chi connectivity index (χ2v) is 8.70. The molecule has 35 heavy (non-hydrogen) atoms. The van der Waals surface area contributed by atoms with E-state index in [-0.39, 0.29) is 11.9 Å². The Morgan fingerprint density at radius 2 is 1.86 bits per heavy atom. The Hall–Kier alpha value is -3.97. The van der Waals surface area contributed by atoms with Crippen LogP contribution >= 0.6 is 11.6 Å². The van der Waals surface area contributed by atoms with Crippen molar-refractivity contribution in [2.24, 2.45) is 4.99 Å². The average Bonchev–Trinajstić information content (AvgIpc) is 3.20. The summed E-state index contributed by atoms with van der Waals surface area (Å²) in [6.45, 7) is 6.22. The lowest BCUT2D eigenvalue weighted by molar-refractivity contribution is -0.115. The number of nitrogens with zero attached hydrogens (tertiary/aromatic N) is 3. The number of amides is 1. The van der Waals surface area contributed by atoms with Crippen molar-refractivity contribution in [3.8, 4) is 0 Å². The van der Waals surface area contributed by atoms with Gasteiger partial charge in [-0.15, -0.1) is 0 Å². The zero-order valence-corrected chi connectivity index (χ0v) is 20.6. The molecule has 0 radical (unpaired) electrons. The third kappa shape index (κ3) is 6.55.